The van der Waals surface area contributed by atoms with Crippen LogP contribution in [-0.2, 0) is 9.53 Å². The van der Waals surface area contributed by atoms with Crippen LogP contribution in [0, 0.1) is 11.8 Å². The molecular weight excluding hydrogens is 290 g/mol. The fourth-order valence-electron chi connectivity index (χ4n) is 4.18. The Kier molecular flexibility index (Phi) is 4.07. The quantitative estimate of drug-likeness (QED) is 0.845. The maximum atomic E-state index is 12.8. The minimum Gasteiger partial charge on any atom is -0.379 e. The molecule has 0 bridgehead atoms. The number of carbonyl (C=O) groups excluding carboxylic acids is 1. The molecule has 0 N–H and O–H groups in total. The number of hydrogen-bond acceptors (Lipinski definition) is 4. The molecule has 1 aliphatic carbocycles. The number of rotatable bonds is 3. The molecule has 2 saturated heterocycles. The summed E-state index contributed by atoms with van der Waals surface area (Å²) >= 11 is 0. The average molecular weight is 315 g/mol. The Labute approximate surface area is 137 Å². The van der Waals surface area contributed by atoms with Crippen LogP contribution in [0.1, 0.15) is 24.8 Å². The molecular formula is C18H25N3O2. The third-order valence-electron chi connectivity index (χ3n) is 5.62. The van der Waals surface area contributed by atoms with E-state index in [2.05, 4.69) is 27.8 Å². The van der Waals surface area contributed by atoms with E-state index in [0.717, 1.165) is 45.8 Å². The monoisotopic (exact) mass is 315 g/mol. The van der Waals surface area contributed by atoms with Gasteiger partial charge in [-0.3, -0.25) is 14.7 Å². The van der Waals surface area contributed by atoms with Gasteiger partial charge in [-0.25, -0.2) is 0 Å². The first-order valence-corrected chi connectivity index (χ1v) is 8.74. The van der Waals surface area contributed by atoms with E-state index >= 15 is 0 Å². The van der Waals surface area contributed by atoms with Gasteiger partial charge >= 0.3 is 0 Å². The Morgan fingerprint density at radius 3 is 2.87 bits per heavy atom. The number of aromatic nitrogens is 1. The molecule has 0 aromatic carbocycles. The lowest BCUT2D eigenvalue weighted by atomic mass is 10.0. The van der Waals surface area contributed by atoms with E-state index in [1.807, 2.05) is 12.3 Å². The number of likely N-dealkylation sites (tertiary alicyclic amines) is 1. The number of nitrogens with zero attached hydrogens (tertiary/aromatic N) is 3. The number of pyridine rings is 1. The summed E-state index contributed by atoms with van der Waals surface area (Å²) in [5.74, 6) is 1.46. The zero-order valence-corrected chi connectivity index (χ0v) is 13.7. The van der Waals surface area contributed by atoms with Crippen molar-refractivity contribution in [3.63, 3.8) is 0 Å². The van der Waals surface area contributed by atoms with E-state index in [4.69, 9.17) is 4.74 Å². The fraction of sp³-hybridized carbons (Fsp3) is 0.667. The van der Waals surface area contributed by atoms with Gasteiger partial charge in [-0.2, -0.15) is 0 Å². The lowest BCUT2D eigenvalue weighted by molar-refractivity contribution is -0.131. The van der Waals surface area contributed by atoms with E-state index in [0.29, 0.717) is 23.8 Å². The van der Waals surface area contributed by atoms with Crippen molar-refractivity contribution in [2.45, 2.75) is 25.3 Å². The molecule has 4 rings (SSSR count). The zero-order chi connectivity index (χ0) is 15.8. The van der Waals surface area contributed by atoms with Gasteiger partial charge in [0.2, 0.25) is 5.91 Å². The molecule has 1 aromatic rings. The Morgan fingerprint density at radius 1 is 1.30 bits per heavy atom. The molecule has 3 fully saturated rings. The van der Waals surface area contributed by atoms with Crippen molar-refractivity contribution in [3.8, 4) is 0 Å². The summed E-state index contributed by atoms with van der Waals surface area (Å²) in [4.78, 5) is 21.6. The minimum atomic E-state index is 0.176. The second kappa shape index (κ2) is 6.21. The number of morpholine rings is 1. The summed E-state index contributed by atoms with van der Waals surface area (Å²) in [6.07, 6.45) is 4.68. The van der Waals surface area contributed by atoms with Gasteiger partial charge in [0.15, 0.2) is 0 Å². The molecule has 1 aromatic heterocycles. The second-order valence-corrected chi connectivity index (χ2v) is 7.17. The molecule has 0 unspecified atom stereocenters. The molecule has 0 spiro atoms. The molecule has 1 amide bonds. The Balaban J connectivity index is 1.37. The predicted octanol–water partition coefficient (Wildman–Crippen LogP) is 1.36. The fourth-order valence-corrected chi connectivity index (χ4v) is 4.18. The van der Waals surface area contributed by atoms with E-state index in [9.17, 15) is 4.79 Å². The van der Waals surface area contributed by atoms with Crippen molar-refractivity contribution >= 4 is 5.91 Å². The molecule has 2 aliphatic heterocycles. The van der Waals surface area contributed by atoms with Gasteiger partial charge in [0, 0.05) is 50.5 Å². The minimum absolute atomic E-state index is 0.176. The van der Waals surface area contributed by atoms with Crippen LogP contribution in [0.3, 0.4) is 0 Å². The summed E-state index contributed by atoms with van der Waals surface area (Å²) in [5, 5.41) is 0. The Morgan fingerprint density at radius 2 is 2.13 bits per heavy atom. The van der Waals surface area contributed by atoms with Gasteiger partial charge in [-0.1, -0.05) is 13.0 Å². The molecule has 3 heterocycles. The van der Waals surface area contributed by atoms with E-state index < -0.39 is 0 Å². The maximum absolute atomic E-state index is 12.8. The van der Waals surface area contributed by atoms with Gasteiger partial charge in [0.25, 0.3) is 0 Å². The van der Waals surface area contributed by atoms with Gasteiger partial charge in [-0.05, 0) is 29.9 Å². The van der Waals surface area contributed by atoms with Gasteiger partial charge < -0.3 is 9.64 Å². The molecule has 1 saturated carbocycles. The van der Waals surface area contributed by atoms with Crippen molar-refractivity contribution in [1.82, 2.24) is 14.8 Å². The number of hydrogen-bond donors (Lipinski definition) is 0. The third kappa shape index (κ3) is 3.00. The number of ether oxygens (including phenoxy) is 1. The molecule has 0 radical (unpaired) electrons. The molecule has 124 valence electrons. The van der Waals surface area contributed by atoms with Crippen molar-refractivity contribution in [2.75, 3.05) is 39.4 Å². The zero-order valence-electron chi connectivity index (χ0n) is 13.7. The van der Waals surface area contributed by atoms with Crippen molar-refractivity contribution in [3.05, 3.63) is 30.1 Å². The van der Waals surface area contributed by atoms with Crippen LogP contribution in [0.15, 0.2) is 24.5 Å². The number of carbonyl (C=O) groups is 1. The summed E-state index contributed by atoms with van der Waals surface area (Å²) in [6, 6.07) is 4.55. The highest BCUT2D eigenvalue weighted by molar-refractivity contribution is 5.83. The highest BCUT2D eigenvalue weighted by Gasteiger charge is 2.48. The van der Waals surface area contributed by atoms with Crippen molar-refractivity contribution in [1.29, 1.82) is 0 Å². The second-order valence-electron chi connectivity index (χ2n) is 7.17. The topological polar surface area (TPSA) is 45.7 Å². The van der Waals surface area contributed by atoms with Crippen LogP contribution in [0.4, 0.5) is 0 Å². The standard InChI is InChI=1S/C18H25N3O2/c1-13-11-21(12-17(13)20-5-7-23-8-6-20)18(22)16-9-15(16)14-3-2-4-19-10-14/h2-4,10,13,15-17H,5-9,11-12H2,1H3/t13-,15+,16-,17+/m1/s1. The first-order valence-electron chi connectivity index (χ1n) is 8.74. The first kappa shape index (κ1) is 15.1. The van der Waals surface area contributed by atoms with E-state index in [1.54, 1.807) is 6.20 Å². The maximum Gasteiger partial charge on any atom is 0.226 e. The SMILES string of the molecule is C[C@@H]1CN(C(=O)[C@@H]2C[C@H]2c2cccnc2)C[C@@H]1N1CCOCC1. The summed E-state index contributed by atoms with van der Waals surface area (Å²) in [7, 11) is 0. The van der Waals surface area contributed by atoms with Crippen LogP contribution in [-0.4, -0.2) is 66.1 Å². The van der Waals surface area contributed by atoms with Gasteiger partial charge in [0.05, 0.1) is 13.2 Å². The lowest BCUT2D eigenvalue weighted by Crippen LogP contribution is -2.47. The molecule has 3 aliphatic rings. The first-order chi connectivity index (χ1) is 11.2. The van der Waals surface area contributed by atoms with Gasteiger partial charge in [-0.15, -0.1) is 0 Å². The van der Waals surface area contributed by atoms with Crippen molar-refractivity contribution < 1.29 is 9.53 Å². The predicted molar refractivity (Wildman–Crippen MR) is 87.0 cm³/mol. The molecule has 23 heavy (non-hydrogen) atoms. The lowest BCUT2D eigenvalue weighted by Gasteiger charge is -2.34. The van der Waals surface area contributed by atoms with E-state index in [1.165, 1.54) is 5.56 Å². The summed E-state index contributed by atoms with van der Waals surface area (Å²) in [5.41, 5.74) is 1.21. The smallest absolute Gasteiger partial charge is 0.226 e. The van der Waals surface area contributed by atoms with Crippen LogP contribution in [0.25, 0.3) is 0 Å². The highest BCUT2D eigenvalue weighted by Crippen LogP contribution is 2.48. The molecule has 5 heteroatoms. The third-order valence-corrected chi connectivity index (χ3v) is 5.62. The summed E-state index contributed by atoms with van der Waals surface area (Å²) in [6.45, 7) is 7.70. The summed E-state index contributed by atoms with van der Waals surface area (Å²) < 4.78 is 5.45. The largest absolute Gasteiger partial charge is 0.379 e. The van der Waals surface area contributed by atoms with Crippen LogP contribution in [0.2, 0.25) is 0 Å². The Bertz CT molecular complexity index is 559. The molecule has 4 atom stereocenters. The highest BCUT2D eigenvalue weighted by atomic mass is 16.5. The Hall–Kier alpha value is -1.46. The van der Waals surface area contributed by atoms with Crippen LogP contribution < -0.4 is 0 Å². The van der Waals surface area contributed by atoms with Crippen molar-refractivity contribution in [2.24, 2.45) is 11.8 Å². The van der Waals surface area contributed by atoms with E-state index in [-0.39, 0.29) is 5.92 Å². The van der Waals surface area contributed by atoms with Crippen LogP contribution >= 0.6 is 0 Å². The van der Waals surface area contributed by atoms with Gasteiger partial charge in [0.1, 0.15) is 0 Å². The number of amides is 1. The normalized spacial score (nSPS) is 34.6. The molecule has 5 nitrogen and oxygen atoms in total. The van der Waals surface area contributed by atoms with Crippen LogP contribution in [0.5, 0.6) is 0 Å². The average Bonchev–Trinajstić information content (AvgIpc) is 3.31.